The molecule has 2 aromatic carbocycles. The minimum absolute atomic E-state index is 0.123. The van der Waals surface area contributed by atoms with Crippen LogP contribution in [0.3, 0.4) is 0 Å². The van der Waals surface area contributed by atoms with Gasteiger partial charge in [-0.05, 0) is 85.5 Å². The number of para-hydroxylation sites is 1. The van der Waals surface area contributed by atoms with E-state index in [9.17, 15) is 33.6 Å². The van der Waals surface area contributed by atoms with E-state index in [0.29, 0.717) is 30.0 Å². The van der Waals surface area contributed by atoms with Gasteiger partial charge in [-0.25, -0.2) is 13.2 Å². The summed E-state index contributed by atoms with van der Waals surface area (Å²) in [5.41, 5.74) is 3.41. The Balaban J connectivity index is 1.17. The van der Waals surface area contributed by atoms with Gasteiger partial charge in [-0.2, -0.15) is 4.31 Å². The van der Waals surface area contributed by atoms with E-state index in [4.69, 9.17) is 21.4 Å². The van der Waals surface area contributed by atoms with Gasteiger partial charge in [0.25, 0.3) is 0 Å². The van der Waals surface area contributed by atoms with Crippen LogP contribution in [-0.2, 0) is 22.1 Å². The van der Waals surface area contributed by atoms with Gasteiger partial charge in [0.15, 0.2) is 0 Å². The molecule has 16 heteroatoms. The number of rotatable bonds is 21. The first kappa shape index (κ1) is 40.8. The number of aromatic nitrogens is 1. The maximum absolute atomic E-state index is 13.8. The molecule has 3 aromatic rings. The lowest BCUT2D eigenvalue weighted by Crippen LogP contribution is -2.56. The number of unbranched alkanes of at least 4 members (excludes halogenated alkanes) is 1. The van der Waals surface area contributed by atoms with E-state index in [-0.39, 0.29) is 36.2 Å². The highest BCUT2D eigenvalue weighted by Crippen LogP contribution is 2.50. The van der Waals surface area contributed by atoms with Crippen LogP contribution < -0.4 is 20.7 Å². The Bertz CT molecular complexity index is 1790. The molecule has 2 fully saturated rings. The molecule has 290 valence electrons. The Kier molecular flexibility index (Phi) is 14.1. The van der Waals surface area contributed by atoms with Crippen molar-refractivity contribution in [2.45, 2.75) is 92.9 Å². The molecule has 1 aromatic heterocycles. The first-order valence-corrected chi connectivity index (χ1v) is 19.8. The second-order valence-electron chi connectivity index (χ2n) is 13.5. The molecule has 53 heavy (non-hydrogen) atoms. The van der Waals surface area contributed by atoms with Crippen LogP contribution in [0.1, 0.15) is 56.6 Å². The Morgan fingerprint density at radius 3 is 2.47 bits per heavy atom. The highest BCUT2D eigenvalue weighted by molar-refractivity contribution is 7.89. The van der Waals surface area contributed by atoms with Crippen molar-refractivity contribution in [2.24, 2.45) is 0 Å². The molecule has 0 unspecified atom stereocenters. The summed E-state index contributed by atoms with van der Waals surface area (Å²) < 4.78 is 35.1. The number of carbonyl (C=O) groups is 1. The topological polar surface area (TPSA) is 214 Å². The maximum atomic E-state index is 13.8. The van der Waals surface area contributed by atoms with Crippen LogP contribution in [-0.4, -0.2) is 113 Å². The number of halogens is 1. The zero-order valence-corrected chi connectivity index (χ0v) is 31.3. The summed E-state index contributed by atoms with van der Waals surface area (Å²) in [5.74, 6) is 0.850. The summed E-state index contributed by atoms with van der Waals surface area (Å²) in [4.78, 5) is 16.9. The van der Waals surface area contributed by atoms with Crippen molar-refractivity contribution in [2.75, 3.05) is 32.8 Å². The van der Waals surface area contributed by atoms with Gasteiger partial charge in [-0.1, -0.05) is 36.7 Å². The average Bonchev–Trinajstić information content (AvgIpc) is 4.12. The highest BCUT2D eigenvalue weighted by Gasteiger charge is 2.46. The number of hydrogen-bond donors (Lipinski definition) is 8. The third kappa shape index (κ3) is 10.2. The van der Waals surface area contributed by atoms with E-state index < -0.39 is 53.6 Å². The molecule has 8 N–H and O–H groups in total. The fourth-order valence-electron chi connectivity index (χ4n) is 6.19. The smallest absolute Gasteiger partial charge is 0.315 e. The molecule has 1 heterocycles. The van der Waals surface area contributed by atoms with Gasteiger partial charge in [0.05, 0.1) is 30.3 Å². The summed E-state index contributed by atoms with van der Waals surface area (Å²) in [6, 6.07) is 12.7. The monoisotopic (exact) mass is 775 g/mol. The van der Waals surface area contributed by atoms with Crippen LogP contribution in [0, 0.1) is 0 Å². The predicted molar refractivity (Wildman–Crippen MR) is 199 cm³/mol. The lowest BCUT2D eigenvalue weighted by atomic mass is 9.94. The van der Waals surface area contributed by atoms with Crippen LogP contribution in [0.2, 0.25) is 5.02 Å². The molecule has 0 bridgehead atoms. The Morgan fingerprint density at radius 1 is 1.04 bits per heavy atom. The third-order valence-electron chi connectivity index (χ3n) is 9.68. The summed E-state index contributed by atoms with van der Waals surface area (Å²) in [5, 5.41) is 57.0. The zero-order chi connectivity index (χ0) is 38.2. The van der Waals surface area contributed by atoms with Gasteiger partial charge in [0, 0.05) is 54.7 Å². The van der Waals surface area contributed by atoms with Crippen molar-refractivity contribution in [1.82, 2.24) is 25.2 Å². The van der Waals surface area contributed by atoms with Crippen LogP contribution in [0.5, 0.6) is 5.75 Å². The molecule has 2 saturated carbocycles. The SMILES string of the molecule is CCN(CCCCNC(=O)N[C@@H](CO)[C@@H](O)[C@H](O)[C@H](O)CO)S(=O)(=O)c1ccc(Cl)c(CNC2(c3cnccc3-c3ccccc3OC3CC3)CC2)c1. The number of sulfonamides is 1. The standard InChI is InChI=1S/C37H50ClN5O9S/c1-2-43(18-6-5-16-40-36(49)42-31(22-44)34(47)35(48)32(46)23-45)53(50,51)26-11-12-30(38)24(19-26)20-41-37(14-15-37)29-21-39-17-13-27(29)28-7-3-4-8-33(28)52-25-9-10-25/h3-4,7-8,11-13,17,19,21,25,31-32,34-35,41,44-48H,2,5-6,9-10,14-16,18,20,22-23H2,1H3,(H2,40,42,49)/t31-,32+,34+,35+/m0/s1. The zero-order valence-electron chi connectivity index (χ0n) is 29.7. The summed E-state index contributed by atoms with van der Waals surface area (Å²) in [6.07, 6.45) is 3.48. The molecular weight excluding hydrogens is 726 g/mol. The van der Waals surface area contributed by atoms with Gasteiger partial charge in [0.1, 0.15) is 24.1 Å². The van der Waals surface area contributed by atoms with E-state index in [1.165, 1.54) is 10.4 Å². The van der Waals surface area contributed by atoms with Gasteiger partial charge in [-0.3, -0.25) is 4.98 Å². The second kappa shape index (κ2) is 18.3. The van der Waals surface area contributed by atoms with E-state index in [1.54, 1.807) is 25.3 Å². The summed E-state index contributed by atoms with van der Waals surface area (Å²) in [6.45, 7) is 1.13. The van der Waals surface area contributed by atoms with Gasteiger partial charge < -0.3 is 46.2 Å². The molecule has 2 aliphatic rings. The van der Waals surface area contributed by atoms with Crippen LogP contribution in [0.25, 0.3) is 11.1 Å². The van der Waals surface area contributed by atoms with Crippen molar-refractivity contribution < 1.29 is 43.5 Å². The van der Waals surface area contributed by atoms with Crippen molar-refractivity contribution in [3.63, 3.8) is 0 Å². The number of aliphatic hydroxyl groups is 5. The summed E-state index contributed by atoms with van der Waals surface area (Å²) in [7, 11) is -3.88. The summed E-state index contributed by atoms with van der Waals surface area (Å²) >= 11 is 6.62. The molecule has 2 amide bonds. The molecule has 0 radical (unpaired) electrons. The normalized spacial score (nSPS) is 17.5. The number of benzene rings is 2. The van der Waals surface area contributed by atoms with E-state index in [2.05, 4.69) is 27.0 Å². The number of ether oxygens (including phenoxy) is 1. The van der Waals surface area contributed by atoms with Gasteiger partial charge in [-0.15, -0.1) is 0 Å². The highest BCUT2D eigenvalue weighted by atomic mass is 35.5. The number of nitrogens with one attached hydrogen (secondary N) is 3. The molecule has 5 rings (SSSR count). The number of urea groups is 1. The molecular formula is C37H50ClN5O9S. The largest absolute Gasteiger partial charge is 0.490 e. The number of hydrogen-bond acceptors (Lipinski definition) is 11. The molecule has 0 aliphatic heterocycles. The molecule has 0 saturated heterocycles. The first-order chi connectivity index (χ1) is 25.4. The number of carbonyl (C=O) groups excluding carboxylic acids is 1. The molecule has 4 atom stereocenters. The first-order valence-electron chi connectivity index (χ1n) is 18.0. The lowest BCUT2D eigenvalue weighted by Gasteiger charge is -2.28. The minimum atomic E-state index is -3.88. The lowest BCUT2D eigenvalue weighted by molar-refractivity contribution is -0.0902. The van der Waals surface area contributed by atoms with Gasteiger partial charge in [0.2, 0.25) is 10.0 Å². The van der Waals surface area contributed by atoms with Crippen molar-refractivity contribution in [3.8, 4) is 16.9 Å². The predicted octanol–water partition coefficient (Wildman–Crippen LogP) is 2.25. The average molecular weight is 776 g/mol. The van der Waals surface area contributed by atoms with E-state index in [1.807, 2.05) is 30.5 Å². The molecule has 2 aliphatic carbocycles. The number of pyridine rings is 1. The van der Waals surface area contributed by atoms with Crippen LogP contribution in [0.15, 0.2) is 65.8 Å². The van der Waals surface area contributed by atoms with Crippen molar-refractivity contribution in [3.05, 3.63) is 77.1 Å². The Morgan fingerprint density at radius 2 is 1.79 bits per heavy atom. The molecule has 0 spiro atoms. The second-order valence-corrected chi connectivity index (χ2v) is 15.9. The van der Waals surface area contributed by atoms with Crippen LogP contribution in [0.4, 0.5) is 4.79 Å². The fourth-order valence-corrected chi connectivity index (χ4v) is 7.91. The van der Waals surface area contributed by atoms with Crippen LogP contribution >= 0.6 is 11.6 Å². The van der Waals surface area contributed by atoms with E-state index >= 15 is 0 Å². The van der Waals surface area contributed by atoms with Gasteiger partial charge >= 0.3 is 6.03 Å². The minimum Gasteiger partial charge on any atom is -0.490 e. The number of aliphatic hydroxyl groups excluding tert-OH is 5. The maximum Gasteiger partial charge on any atom is 0.315 e. The third-order valence-corrected chi connectivity index (χ3v) is 12.0. The number of amides is 2. The molecule has 14 nitrogen and oxygen atoms in total. The van der Waals surface area contributed by atoms with Crippen molar-refractivity contribution in [1.29, 1.82) is 0 Å². The quantitative estimate of drug-likeness (QED) is 0.0735. The Hall–Kier alpha value is -3.38. The number of nitrogens with zero attached hydrogens (tertiary/aromatic N) is 2. The fraction of sp³-hybridized carbons (Fsp3) is 0.514. The Labute approximate surface area is 315 Å². The van der Waals surface area contributed by atoms with E-state index in [0.717, 1.165) is 48.1 Å². The van der Waals surface area contributed by atoms with Crippen molar-refractivity contribution >= 4 is 27.7 Å².